The maximum atomic E-state index is 9.93. The van der Waals surface area contributed by atoms with Gasteiger partial charge in [0.25, 0.3) is 0 Å². The van der Waals surface area contributed by atoms with Gasteiger partial charge in [0.05, 0.1) is 6.10 Å². The molecule has 2 heteroatoms. The van der Waals surface area contributed by atoms with Crippen molar-refractivity contribution in [2.45, 2.75) is 58.5 Å². The molecule has 3 unspecified atom stereocenters. The largest absolute Gasteiger partial charge is 0.393 e. The minimum absolute atomic E-state index is 0.000531. The van der Waals surface area contributed by atoms with Crippen LogP contribution in [0.25, 0.3) is 0 Å². The molecule has 1 N–H and O–H groups in total. The summed E-state index contributed by atoms with van der Waals surface area (Å²) in [6.07, 6.45) is 7.39. The molecule has 0 aromatic carbocycles. The standard InChI is InChI=1S/C13H26OS/c1-3-11-7-8-13(14)12(10-11)6-5-9-15-4-2/h11-14H,3-10H2,1-2H3. The Hall–Kier alpha value is 0.310. The zero-order valence-electron chi connectivity index (χ0n) is 10.2. The maximum absolute atomic E-state index is 9.93. The molecule has 3 atom stereocenters. The van der Waals surface area contributed by atoms with Gasteiger partial charge in [0.2, 0.25) is 0 Å². The van der Waals surface area contributed by atoms with Crippen molar-refractivity contribution in [3.63, 3.8) is 0 Å². The van der Waals surface area contributed by atoms with Gasteiger partial charge in [0.15, 0.2) is 0 Å². The van der Waals surface area contributed by atoms with Crippen molar-refractivity contribution in [3.05, 3.63) is 0 Å². The van der Waals surface area contributed by atoms with Crippen molar-refractivity contribution in [3.8, 4) is 0 Å². The zero-order chi connectivity index (χ0) is 11.1. The van der Waals surface area contributed by atoms with Gasteiger partial charge in [-0.05, 0) is 55.4 Å². The molecule has 0 saturated heterocycles. The second-order valence-electron chi connectivity index (χ2n) is 4.75. The van der Waals surface area contributed by atoms with E-state index in [1.807, 2.05) is 11.8 Å². The normalized spacial score (nSPS) is 31.8. The van der Waals surface area contributed by atoms with E-state index in [-0.39, 0.29) is 6.10 Å². The fourth-order valence-electron chi connectivity index (χ4n) is 2.62. The summed E-state index contributed by atoms with van der Waals surface area (Å²) in [4.78, 5) is 0. The lowest BCUT2D eigenvalue weighted by Gasteiger charge is -2.33. The molecule has 0 heterocycles. The Bertz CT molecular complexity index is 161. The molecule has 15 heavy (non-hydrogen) atoms. The number of thioether (sulfide) groups is 1. The molecular weight excluding hydrogens is 204 g/mol. The molecule has 0 aliphatic heterocycles. The summed E-state index contributed by atoms with van der Waals surface area (Å²) in [6, 6.07) is 0. The second kappa shape index (κ2) is 7.56. The van der Waals surface area contributed by atoms with Crippen molar-refractivity contribution in [1.29, 1.82) is 0 Å². The summed E-state index contributed by atoms with van der Waals surface area (Å²) in [5.74, 6) is 3.99. The van der Waals surface area contributed by atoms with Gasteiger partial charge >= 0.3 is 0 Å². The predicted molar refractivity (Wildman–Crippen MR) is 69.4 cm³/mol. The Balaban J connectivity index is 2.19. The maximum Gasteiger partial charge on any atom is 0.0568 e. The Morgan fingerprint density at radius 1 is 1.27 bits per heavy atom. The average Bonchev–Trinajstić information content (AvgIpc) is 2.26. The highest BCUT2D eigenvalue weighted by atomic mass is 32.2. The number of hydrogen-bond donors (Lipinski definition) is 1. The summed E-state index contributed by atoms with van der Waals surface area (Å²) in [5.41, 5.74) is 0. The third kappa shape index (κ3) is 4.78. The SMILES string of the molecule is CCSCCCC1CC(CC)CCC1O. The third-order valence-corrected chi connectivity index (χ3v) is 4.68. The fraction of sp³-hybridized carbons (Fsp3) is 1.00. The molecular formula is C13H26OS. The van der Waals surface area contributed by atoms with Crippen molar-refractivity contribution in [2.24, 2.45) is 11.8 Å². The van der Waals surface area contributed by atoms with Gasteiger partial charge in [0.1, 0.15) is 0 Å². The molecule has 1 saturated carbocycles. The van der Waals surface area contributed by atoms with E-state index >= 15 is 0 Å². The second-order valence-corrected chi connectivity index (χ2v) is 6.15. The van der Waals surface area contributed by atoms with Crippen LogP contribution in [0, 0.1) is 11.8 Å². The molecule has 0 spiro atoms. The van der Waals surface area contributed by atoms with E-state index < -0.39 is 0 Å². The molecule has 0 amide bonds. The molecule has 0 aromatic rings. The zero-order valence-corrected chi connectivity index (χ0v) is 11.1. The van der Waals surface area contributed by atoms with Gasteiger partial charge in [-0.15, -0.1) is 0 Å². The molecule has 0 aromatic heterocycles. The molecule has 1 fully saturated rings. The first-order valence-corrected chi connectivity index (χ1v) is 7.69. The van der Waals surface area contributed by atoms with Crippen LogP contribution in [-0.2, 0) is 0 Å². The molecule has 1 nitrogen and oxygen atoms in total. The minimum atomic E-state index is -0.000531. The Morgan fingerprint density at radius 3 is 2.73 bits per heavy atom. The van der Waals surface area contributed by atoms with Gasteiger partial charge < -0.3 is 5.11 Å². The first-order chi connectivity index (χ1) is 7.27. The Labute approximate surface area is 99.0 Å². The number of rotatable bonds is 6. The van der Waals surface area contributed by atoms with Crippen molar-refractivity contribution >= 4 is 11.8 Å². The van der Waals surface area contributed by atoms with Crippen molar-refractivity contribution in [2.75, 3.05) is 11.5 Å². The van der Waals surface area contributed by atoms with Crippen LogP contribution in [0.4, 0.5) is 0 Å². The van der Waals surface area contributed by atoms with Crippen LogP contribution >= 0.6 is 11.8 Å². The van der Waals surface area contributed by atoms with Crippen LogP contribution < -0.4 is 0 Å². The topological polar surface area (TPSA) is 20.2 Å². The monoisotopic (exact) mass is 230 g/mol. The summed E-state index contributed by atoms with van der Waals surface area (Å²) < 4.78 is 0. The third-order valence-electron chi connectivity index (χ3n) is 3.70. The van der Waals surface area contributed by atoms with Crippen LogP contribution in [0.3, 0.4) is 0 Å². The first-order valence-electron chi connectivity index (χ1n) is 6.53. The van der Waals surface area contributed by atoms with Crippen molar-refractivity contribution < 1.29 is 5.11 Å². The van der Waals surface area contributed by atoms with E-state index in [1.54, 1.807) is 0 Å². The summed E-state index contributed by atoms with van der Waals surface area (Å²) in [5, 5.41) is 9.93. The van der Waals surface area contributed by atoms with Crippen LogP contribution in [0.15, 0.2) is 0 Å². The van der Waals surface area contributed by atoms with Gasteiger partial charge in [-0.2, -0.15) is 11.8 Å². The lowest BCUT2D eigenvalue weighted by Crippen LogP contribution is -2.29. The highest BCUT2D eigenvalue weighted by Gasteiger charge is 2.27. The first kappa shape index (κ1) is 13.4. The van der Waals surface area contributed by atoms with Gasteiger partial charge in [-0.25, -0.2) is 0 Å². The van der Waals surface area contributed by atoms with Gasteiger partial charge in [-0.1, -0.05) is 20.3 Å². The van der Waals surface area contributed by atoms with Gasteiger partial charge in [-0.3, -0.25) is 0 Å². The number of hydrogen-bond acceptors (Lipinski definition) is 2. The molecule has 1 aliphatic carbocycles. The van der Waals surface area contributed by atoms with Crippen LogP contribution in [0.5, 0.6) is 0 Å². The Kier molecular flexibility index (Phi) is 6.74. The summed E-state index contributed by atoms with van der Waals surface area (Å²) >= 11 is 2.02. The smallest absolute Gasteiger partial charge is 0.0568 e. The van der Waals surface area contributed by atoms with E-state index in [2.05, 4.69) is 13.8 Å². The lowest BCUT2D eigenvalue weighted by atomic mass is 9.76. The van der Waals surface area contributed by atoms with Crippen LogP contribution in [-0.4, -0.2) is 22.7 Å². The lowest BCUT2D eigenvalue weighted by molar-refractivity contribution is 0.0428. The van der Waals surface area contributed by atoms with E-state index in [1.165, 1.54) is 43.6 Å². The molecule has 0 bridgehead atoms. The minimum Gasteiger partial charge on any atom is -0.393 e. The predicted octanol–water partition coefficient (Wildman–Crippen LogP) is 3.71. The van der Waals surface area contributed by atoms with E-state index in [9.17, 15) is 5.11 Å². The van der Waals surface area contributed by atoms with Crippen LogP contribution in [0.1, 0.15) is 52.4 Å². The number of aliphatic hydroxyl groups is 1. The van der Waals surface area contributed by atoms with E-state index in [0.29, 0.717) is 5.92 Å². The van der Waals surface area contributed by atoms with E-state index in [4.69, 9.17) is 0 Å². The van der Waals surface area contributed by atoms with Crippen LogP contribution in [0.2, 0.25) is 0 Å². The van der Waals surface area contributed by atoms with Gasteiger partial charge in [0, 0.05) is 0 Å². The fourth-order valence-corrected chi connectivity index (χ4v) is 3.28. The Morgan fingerprint density at radius 2 is 2.07 bits per heavy atom. The van der Waals surface area contributed by atoms with Crippen molar-refractivity contribution in [1.82, 2.24) is 0 Å². The summed E-state index contributed by atoms with van der Waals surface area (Å²) in [6.45, 7) is 4.50. The average molecular weight is 230 g/mol. The highest BCUT2D eigenvalue weighted by molar-refractivity contribution is 7.99. The molecule has 0 radical (unpaired) electrons. The number of aliphatic hydroxyl groups excluding tert-OH is 1. The molecule has 90 valence electrons. The highest BCUT2D eigenvalue weighted by Crippen LogP contribution is 2.34. The molecule has 1 aliphatic rings. The van der Waals surface area contributed by atoms with E-state index in [0.717, 1.165) is 12.3 Å². The quantitative estimate of drug-likeness (QED) is 0.702. The summed E-state index contributed by atoms with van der Waals surface area (Å²) in [7, 11) is 0. The molecule has 1 rings (SSSR count).